The molecule has 6 heteroatoms. The summed E-state index contributed by atoms with van der Waals surface area (Å²) < 4.78 is 11.5. The lowest BCUT2D eigenvalue weighted by molar-refractivity contribution is -0.152. The number of fused-ring (bicyclic) bond motifs is 1. The summed E-state index contributed by atoms with van der Waals surface area (Å²) in [6, 6.07) is 0. The van der Waals surface area contributed by atoms with Gasteiger partial charge in [0.25, 0.3) is 0 Å². The van der Waals surface area contributed by atoms with Crippen LogP contribution >= 0.6 is 0 Å². The molecule has 2 saturated carbocycles. The zero-order chi connectivity index (χ0) is 36.1. The molecule has 0 amide bonds. The molecule has 0 aromatic rings. The molecule has 0 radical (unpaired) electrons. The number of Topliss-reactive ketones (excluding diaryl/α,β-unsaturated/α-hetero) is 2. The van der Waals surface area contributed by atoms with Crippen molar-refractivity contribution in [3.63, 3.8) is 0 Å². The first-order valence-electron chi connectivity index (χ1n) is 17.0. The Bertz CT molecular complexity index is 1560. The lowest BCUT2D eigenvalue weighted by Crippen LogP contribution is -2.47. The smallest absolute Gasteiger partial charge is 0.302 e. The summed E-state index contributed by atoms with van der Waals surface area (Å²) in [5.74, 6) is -0.0702. The third kappa shape index (κ3) is 9.53. The maximum absolute atomic E-state index is 13.1. The molecule has 0 bridgehead atoms. The Balaban J connectivity index is 1.54. The monoisotopic (exact) mass is 656 g/mol. The van der Waals surface area contributed by atoms with Crippen molar-refractivity contribution in [2.24, 2.45) is 10.8 Å². The van der Waals surface area contributed by atoms with Crippen LogP contribution in [0.25, 0.3) is 0 Å². The van der Waals surface area contributed by atoms with E-state index in [-0.39, 0.29) is 34.5 Å². The van der Waals surface area contributed by atoms with Crippen molar-refractivity contribution in [2.75, 3.05) is 0 Å². The standard InChI is InChI=1S/C42H56O6/c1-29(18-14-19-31(3)22-23-37-38(6,7)26-35(47-33(5)43)27-40(37,10)46)16-12-13-17-30(2)20-15-21-32(4)36(45)28-42-39(8,9)24-34(44)25-41(42,11)48-42/h12-22,35,46H,24-28H2,1-11H3/b13-12+,18-14+,20-15+,29-16+,30-17+,31-19+,32-21+/t23?,35-,40+,41+,42-/m0/s1. The van der Waals surface area contributed by atoms with E-state index in [4.69, 9.17) is 9.47 Å². The number of hydrogen-bond acceptors (Lipinski definition) is 6. The van der Waals surface area contributed by atoms with Gasteiger partial charge in [0, 0.05) is 43.6 Å². The molecule has 2 aliphatic carbocycles. The predicted octanol–water partition coefficient (Wildman–Crippen LogP) is 8.90. The summed E-state index contributed by atoms with van der Waals surface area (Å²) in [6.45, 7) is 21.1. The Hall–Kier alpha value is -3.57. The Morgan fingerprint density at radius 3 is 1.94 bits per heavy atom. The molecule has 3 fully saturated rings. The predicted molar refractivity (Wildman–Crippen MR) is 193 cm³/mol. The van der Waals surface area contributed by atoms with Crippen LogP contribution in [0, 0.1) is 10.8 Å². The second-order valence-electron chi connectivity index (χ2n) is 15.7. The van der Waals surface area contributed by atoms with Crippen LogP contribution in [0.4, 0.5) is 0 Å². The number of hydrogen-bond donors (Lipinski definition) is 1. The molecule has 48 heavy (non-hydrogen) atoms. The van der Waals surface area contributed by atoms with Gasteiger partial charge in [0.1, 0.15) is 23.1 Å². The van der Waals surface area contributed by atoms with Crippen molar-refractivity contribution in [3.05, 3.63) is 100 Å². The van der Waals surface area contributed by atoms with Crippen LogP contribution in [-0.4, -0.2) is 45.5 Å². The normalized spacial score (nSPS) is 30.9. The summed E-state index contributed by atoms with van der Waals surface area (Å²) in [7, 11) is 0. The van der Waals surface area contributed by atoms with Crippen molar-refractivity contribution in [3.8, 4) is 0 Å². The minimum Gasteiger partial charge on any atom is -0.462 e. The highest BCUT2D eigenvalue weighted by molar-refractivity contribution is 5.97. The number of ether oxygens (including phenoxy) is 2. The zero-order valence-corrected chi connectivity index (χ0v) is 31.0. The largest absolute Gasteiger partial charge is 0.462 e. The number of carbonyl (C=O) groups is 3. The van der Waals surface area contributed by atoms with Gasteiger partial charge >= 0.3 is 5.97 Å². The van der Waals surface area contributed by atoms with E-state index >= 15 is 0 Å². The molecule has 260 valence electrons. The second-order valence-corrected chi connectivity index (χ2v) is 15.7. The summed E-state index contributed by atoms with van der Waals surface area (Å²) in [5, 5.41) is 11.1. The van der Waals surface area contributed by atoms with Crippen molar-refractivity contribution in [1.82, 2.24) is 0 Å². The number of aliphatic hydroxyl groups is 1. The van der Waals surface area contributed by atoms with E-state index in [2.05, 4.69) is 5.73 Å². The maximum atomic E-state index is 13.1. The van der Waals surface area contributed by atoms with E-state index in [1.165, 1.54) is 6.92 Å². The van der Waals surface area contributed by atoms with Gasteiger partial charge in [-0.15, -0.1) is 5.73 Å². The average molecular weight is 657 g/mol. The molecule has 1 N–H and O–H groups in total. The van der Waals surface area contributed by atoms with Crippen LogP contribution in [-0.2, 0) is 23.9 Å². The Morgan fingerprint density at radius 1 is 0.833 bits per heavy atom. The lowest BCUT2D eigenvalue weighted by atomic mass is 9.62. The quantitative estimate of drug-likeness (QED) is 0.0785. The van der Waals surface area contributed by atoms with E-state index in [9.17, 15) is 19.5 Å². The number of carbonyl (C=O) groups excluding carboxylic acids is 3. The number of esters is 1. The molecular formula is C42H56O6. The van der Waals surface area contributed by atoms with Crippen molar-refractivity contribution in [2.45, 2.75) is 131 Å². The minimum atomic E-state index is -1.11. The number of allylic oxidation sites excluding steroid dienone is 14. The second kappa shape index (κ2) is 14.9. The van der Waals surface area contributed by atoms with Gasteiger partial charge in [-0.3, -0.25) is 14.4 Å². The third-order valence-electron chi connectivity index (χ3n) is 9.94. The number of ketones is 2. The summed E-state index contributed by atoms with van der Waals surface area (Å²) in [5.41, 5.74) is 5.04. The van der Waals surface area contributed by atoms with Gasteiger partial charge in [-0.05, 0) is 70.6 Å². The van der Waals surface area contributed by atoms with Gasteiger partial charge in [-0.25, -0.2) is 0 Å². The van der Waals surface area contributed by atoms with Gasteiger partial charge in [0.15, 0.2) is 5.78 Å². The first-order valence-corrected chi connectivity index (χ1v) is 17.0. The molecule has 3 aliphatic rings. The fourth-order valence-corrected chi connectivity index (χ4v) is 7.53. The average Bonchev–Trinajstić information content (AvgIpc) is 3.53. The highest BCUT2D eigenvalue weighted by atomic mass is 16.6. The molecule has 6 nitrogen and oxygen atoms in total. The fourth-order valence-electron chi connectivity index (χ4n) is 7.53. The highest BCUT2D eigenvalue weighted by Gasteiger charge is 2.76. The van der Waals surface area contributed by atoms with Crippen LogP contribution < -0.4 is 0 Å². The summed E-state index contributed by atoms with van der Waals surface area (Å²) in [4.78, 5) is 36.7. The molecule has 0 aromatic heterocycles. The fraction of sp³-hybridized carbons (Fsp3) is 0.524. The van der Waals surface area contributed by atoms with Crippen molar-refractivity contribution < 1.29 is 29.0 Å². The van der Waals surface area contributed by atoms with E-state index in [0.29, 0.717) is 37.7 Å². The lowest BCUT2D eigenvalue weighted by Gasteiger charge is -2.44. The Morgan fingerprint density at radius 2 is 1.40 bits per heavy atom. The molecule has 1 saturated heterocycles. The topological polar surface area (TPSA) is 93.2 Å². The van der Waals surface area contributed by atoms with Crippen molar-refractivity contribution >= 4 is 17.5 Å². The Kier molecular flexibility index (Phi) is 12.1. The molecule has 1 aliphatic heterocycles. The van der Waals surface area contributed by atoms with Gasteiger partial charge < -0.3 is 14.6 Å². The molecule has 0 unspecified atom stereocenters. The van der Waals surface area contributed by atoms with E-state index in [0.717, 1.165) is 22.3 Å². The first-order chi connectivity index (χ1) is 22.1. The maximum Gasteiger partial charge on any atom is 0.302 e. The minimum absolute atomic E-state index is 0.0519. The summed E-state index contributed by atoms with van der Waals surface area (Å²) in [6.07, 6.45) is 23.4. The highest BCUT2D eigenvalue weighted by Crippen LogP contribution is 2.66. The van der Waals surface area contributed by atoms with Crippen LogP contribution in [0.3, 0.4) is 0 Å². The van der Waals surface area contributed by atoms with E-state index in [1.54, 1.807) is 6.92 Å². The van der Waals surface area contributed by atoms with Crippen molar-refractivity contribution in [1.29, 1.82) is 0 Å². The number of rotatable bonds is 11. The third-order valence-corrected chi connectivity index (χ3v) is 9.94. The summed E-state index contributed by atoms with van der Waals surface area (Å²) >= 11 is 0. The van der Waals surface area contributed by atoms with Crippen LogP contribution in [0.15, 0.2) is 100 Å². The van der Waals surface area contributed by atoms with E-state index < -0.39 is 16.8 Å². The molecule has 0 spiro atoms. The molecule has 4 atom stereocenters. The van der Waals surface area contributed by atoms with Crippen LogP contribution in [0.5, 0.6) is 0 Å². The van der Waals surface area contributed by atoms with Gasteiger partial charge in [-0.1, -0.05) is 99.6 Å². The Labute approximate surface area is 288 Å². The molecule has 0 aromatic carbocycles. The van der Waals surface area contributed by atoms with Gasteiger partial charge in [0.05, 0.1) is 5.60 Å². The molecule has 1 heterocycles. The van der Waals surface area contributed by atoms with Gasteiger partial charge in [-0.2, -0.15) is 0 Å². The van der Waals surface area contributed by atoms with E-state index in [1.807, 2.05) is 129 Å². The van der Waals surface area contributed by atoms with Crippen LogP contribution in [0.2, 0.25) is 0 Å². The molecule has 3 rings (SSSR count). The molecular weight excluding hydrogens is 600 g/mol. The number of epoxide rings is 1. The SMILES string of the molecule is CC(=O)O[C@H]1CC(C)(C)C(=C=C/C(C)=C/C=C/C(C)=C/C=C/C=C(C)/C=C/C=C(\C)C(=O)C[C@@]23O[C@]2(C)CC(=O)CC3(C)C)[C@](C)(O)C1. The first kappa shape index (κ1) is 38.9. The van der Waals surface area contributed by atoms with Crippen LogP contribution in [0.1, 0.15) is 108 Å². The zero-order valence-electron chi connectivity index (χ0n) is 31.0. The van der Waals surface area contributed by atoms with Gasteiger partial charge in [0.2, 0.25) is 0 Å².